The Hall–Kier alpha value is -2.70. The topological polar surface area (TPSA) is 77.0 Å². The molecule has 0 radical (unpaired) electrons. The smallest absolute Gasteiger partial charge is 0.243 e. The van der Waals surface area contributed by atoms with Crippen LogP contribution in [0.1, 0.15) is 43.3 Å². The summed E-state index contributed by atoms with van der Waals surface area (Å²) in [5, 5.41) is 4.01. The summed E-state index contributed by atoms with van der Waals surface area (Å²) in [6.45, 7) is 4.84. The number of hydrogen-bond donors (Lipinski definition) is 0. The number of para-hydroxylation sites is 2. The number of rotatable bonds is 4. The van der Waals surface area contributed by atoms with E-state index in [2.05, 4.69) is 22.0 Å². The van der Waals surface area contributed by atoms with Crippen LogP contribution in [0.15, 0.2) is 28.8 Å². The van der Waals surface area contributed by atoms with Crippen molar-refractivity contribution in [3.8, 4) is 0 Å². The van der Waals surface area contributed by atoms with Gasteiger partial charge < -0.3 is 14.0 Å². The third-order valence-electron chi connectivity index (χ3n) is 4.76. The molecule has 2 aromatic heterocycles. The maximum Gasteiger partial charge on any atom is 0.243 e. The van der Waals surface area contributed by atoms with Crippen LogP contribution in [0.4, 0.5) is 0 Å². The minimum Gasteiger partial charge on any atom is -0.340 e. The molecular weight excluding hydrogens is 318 g/mol. The molecule has 1 saturated heterocycles. The van der Waals surface area contributed by atoms with E-state index < -0.39 is 0 Å². The van der Waals surface area contributed by atoms with E-state index in [0.29, 0.717) is 11.7 Å². The molecule has 3 heterocycles. The average Bonchev–Trinajstić information content (AvgIpc) is 3.33. The number of benzene rings is 1. The third-order valence-corrected chi connectivity index (χ3v) is 4.76. The molecule has 130 valence electrons. The number of nitrogens with zero attached hydrogens (tertiary/aromatic N) is 5. The second kappa shape index (κ2) is 6.31. The van der Waals surface area contributed by atoms with Crippen LogP contribution in [0.3, 0.4) is 0 Å². The molecule has 1 aliphatic rings. The predicted octanol–water partition coefficient (Wildman–Crippen LogP) is 2.65. The van der Waals surface area contributed by atoms with Gasteiger partial charge in [0.25, 0.3) is 0 Å². The molecule has 1 fully saturated rings. The summed E-state index contributed by atoms with van der Waals surface area (Å²) >= 11 is 0. The number of aromatic nitrogens is 4. The van der Waals surface area contributed by atoms with Crippen LogP contribution < -0.4 is 0 Å². The van der Waals surface area contributed by atoms with Crippen LogP contribution in [0.25, 0.3) is 11.0 Å². The molecule has 1 atom stereocenters. The van der Waals surface area contributed by atoms with Gasteiger partial charge in [0.1, 0.15) is 12.4 Å². The summed E-state index contributed by atoms with van der Waals surface area (Å²) in [6.07, 6.45) is 2.61. The van der Waals surface area contributed by atoms with E-state index in [1.54, 1.807) is 6.92 Å². The Morgan fingerprint density at radius 3 is 2.92 bits per heavy atom. The van der Waals surface area contributed by atoms with Crippen molar-refractivity contribution in [2.45, 2.75) is 45.7 Å². The zero-order valence-corrected chi connectivity index (χ0v) is 14.5. The fourth-order valence-electron chi connectivity index (χ4n) is 3.58. The first kappa shape index (κ1) is 15.8. The van der Waals surface area contributed by atoms with Gasteiger partial charge in [0, 0.05) is 19.9 Å². The molecule has 1 amide bonds. The van der Waals surface area contributed by atoms with E-state index >= 15 is 0 Å². The fourth-order valence-corrected chi connectivity index (χ4v) is 3.58. The molecule has 1 aliphatic heterocycles. The maximum absolute atomic E-state index is 13.0. The number of likely N-dealkylation sites (tertiary alicyclic amines) is 1. The van der Waals surface area contributed by atoms with Crippen molar-refractivity contribution in [2.24, 2.45) is 0 Å². The second-order valence-electron chi connectivity index (χ2n) is 6.37. The highest BCUT2D eigenvalue weighted by molar-refractivity contribution is 5.81. The molecule has 25 heavy (non-hydrogen) atoms. The van der Waals surface area contributed by atoms with E-state index in [0.717, 1.165) is 42.7 Å². The average molecular weight is 339 g/mol. The van der Waals surface area contributed by atoms with Gasteiger partial charge in [-0.2, -0.15) is 4.98 Å². The zero-order valence-electron chi connectivity index (χ0n) is 14.5. The Morgan fingerprint density at radius 1 is 1.32 bits per heavy atom. The van der Waals surface area contributed by atoms with E-state index in [4.69, 9.17) is 4.52 Å². The molecule has 7 nitrogen and oxygen atoms in total. The quantitative estimate of drug-likeness (QED) is 0.730. The Bertz CT molecular complexity index is 913. The van der Waals surface area contributed by atoms with Gasteiger partial charge in [-0.05, 0) is 25.0 Å². The fraction of sp³-hybridized carbons (Fsp3) is 0.444. The molecule has 7 heteroatoms. The number of fused-ring (bicyclic) bond motifs is 1. The van der Waals surface area contributed by atoms with Crippen LogP contribution in [0, 0.1) is 6.92 Å². The van der Waals surface area contributed by atoms with Crippen molar-refractivity contribution in [3.63, 3.8) is 0 Å². The normalized spacial score (nSPS) is 17.5. The molecule has 0 N–H and O–H groups in total. The Kier molecular flexibility index (Phi) is 3.99. The number of aryl methyl sites for hydroxylation is 2. The van der Waals surface area contributed by atoms with Crippen molar-refractivity contribution in [1.29, 1.82) is 0 Å². The minimum absolute atomic E-state index is 0.0720. The van der Waals surface area contributed by atoms with Gasteiger partial charge >= 0.3 is 0 Å². The van der Waals surface area contributed by atoms with Crippen LogP contribution in [0.2, 0.25) is 0 Å². The van der Waals surface area contributed by atoms with Crippen molar-refractivity contribution in [2.75, 3.05) is 6.54 Å². The van der Waals surface area contributed by atoms with Gasteiger partial charge in [0.2, 0.25) is 11.8 Å². The summed E-state index contributed by atoms with van der Waals surface area (Å²) < 4.78 is 7.11. The van der Waals surface area contributed by atoms with Crippen LogP contribution in [-0.4, -0.2) is 37.0 Å². The molecule has 0 aliphatic carbocycles. The third kappa shape index (κ3) is 2.79. The van der Waals surface area contributed by atoms with Crippen LogP contribution >= 0.6 is 0 Å². The van der Waals surface area contributed by atoms with Crippen molar-refractivity contribution in [1.82, 2.24) is 24.6 Å². The number of amides is 1. The van der Waals surface area contributed by atoms with E-state index in [1.807, 2.05) is 33.7 Å². The number of carbonyl (C=O) groups is 1. The highest BCUT2D eigenvalue weighted by Crippen LogP contribution is 2.30. The minimum atomic E-state index is -0.0928. The van der Waals surface area contributed by atoms with Gasteiger partial charge in [-0.15, -0.1) is 0 Å². The van der Waals surface area contributed by atoms with E-state index in [1.165, 1.54) is 0 Å². The monoisotopic (exact) mass is 339 g/mol. The van der Waals surface area contributed by atoms with Gasteiger partial charge in [-0.1, -0.05) is 24.2 Å². The van der Waals surface area contributed by atoms with Crippen LogP contribution in [-0.2, 0) is 17.8 Å². The predicted molar refractivity (Wildman–Crippen MR) is 91.8 cm³/mol. The van der Waals surface area contributed by atoms with Gasteiger partial charge in [0.15, 0.2) is 5.82 Å². The van der Waals surface area contributed by atoms with Crippen molar-refractivity contribution in [3.05, 3.63) is 41.8 Å². The maximum atomic E-state index is 13.0. The molecule has 0 bridgehead atoms. The second-order valence-corrected chi connectivity index (χ2v) is 6.37. The van der Waals surface area contributed by atoms with E-state index in [9.17, 15) is 4.79 Å². The summed E-state index contributed by atoms with van der Waals surface area (Å²) in [5.74, 6) is 2.14. The first-order chi connectivity index (χ1) is 12.2. The number of hydrogen-bond acceptors (Lipinski definition) is 5. The Balaban J connectivity index is 1.61. The molecule has 0 saturated carbocycles. The van der Waals surface area contributed by atoms with Gasteiger partial charge in [0.05, 0.1) is 17.1 Å². The molecule has 4 rings (SSSR count). The lowest BCUT2D eigenvalue weighted by Crippen LogP contribution is -2.34. The van der Waals surface area contributed by atoms with Gasteiger partial charge in [-0.3, -0.25) is 4.79 Å². The number of imidazole rings is 1. The standard InChI is InChI=1S/C18H21N5O2/c1-3-16-20-13-7-4-5-8-14(13)23(16)11-17(24)22-10-6-9-15(22)18-19-12(2)25-21-18/h4-5,7-8,15H,3,6,9-11H2,1-2H3/t15-/m0/s1. The lowest BCUT2D eigenvalue weighted by Gasteiger charge is -2.23. The molecule has 1 aromatic carbocycles. The van der Waals surface area contributed by atoms with Crippen molar-refractivity contribution < 1.29 is 9.32 Å². The Morgan fingerprint density at radius 2 is 2.16 bits per heavy atom. The molecule has 0 spiro atoms. The number of carbonyl (C=O) groups excluding carboxylic acids is 1. The summed E-state index contributed by atoms with van der Waals surface area (Å²) in [7, 11) is 0. The first-order valence-electron chi connectivity index (χ1n) is 8.71. The summed E-state index contributed by atoms with van der Waals surface area (Å²) in [6, 6.07) is 7.85. The van der Waals surface area contributed by atoms with E-state index in [-0.39, 0.29) is 18.5 Å². The highest BCUT2D eigenvalue weighted by Gasteiger charge is 2.33. The molecule has 0 unspecified atom stereocenters. The lowest BCUT2D eigenvalue weighted by molar-refractivity contribution is -0.132. The van der Waals surface area contributed by atoms with Gasteiger partial charge in [-0.25, -0.2) is 4.98 Å². The largest absolute Gasteiger partial charge is 0.340 e. The van der Waals surface area contributed by atoms with Crippen molar-refractivity contribution >= 4 is 16.9 Å². The summed E-state index contributed by atoms with van der Waals surface area (Å²) in [4.78, 5) is 23.8. The summed E-state index contributed by atoms with van der Waals surface area (Å²) in [5.41, 5.74) is 1.93. The highest BCUT2D eigenvalue weighted by atomic mass is 16.5. The lowest BCUT2D eigenvalue weighted by atomic mass is 10.2. The first-order valence-corrected chi connectivity index (χ1v) is 8.71. The van der Waals surface area contributed by atoms with Crippen LogP contribution in [0.5, 0.6) is 0 Å². The zero-order chi connectivity index (χ0) is 17.4. The Labute approximate surface area is 145 Å². The SMILES string of the molecule is CCc1nc2ccccc2n1CC(=O)N1CCC[C@H]1c1noc(C)n1. The molecule has 3 aromatic rings. The molecular formula is C18H21N5O2.